The third kappa shape index (κ3) is 5.25. The molecule has 1 aliphatic heterocycles. The summed E-state index contributed by atoms with van der Waals surface area (Å²) in [5.74, 6) is 0.0130. The van der Waals surface area contributed by atoms with E-state index in [4.69, 9.17) is 21.5 Å². The number of carbonyl (C=O) groups is 3. The summed E-state index contributed by atoms with van der Waals surface area (Å²) in [5.41, 5.74) is 0.939. The highest BCUT2D eigenvalue weighted by Gasteiger charge is 2.35. The van der Waals surface area contributed by atoms with E-state index in [1.807, 2.05) is 25.1 Å². The number of carboxylic acid groups (broad SMARTS) is 1. The highest BCUT2D eigenvalue weighted by atomic mass is 35.5. The van der Waals surface area contributed by atoms with E-state index < -0.39 is 6.04 Å². The number of carbonyl (C=O) groups excluding carboxylic acids is 2. The van der Waals surface area contributed by atoms with Crippen molar-refractivity contribution in [1.82, 2.24) is 9.80 Å². The van der Waals surface area contributed by atoms with E-state index in [2.05, 4.69) is 0 Å². The Balaban J connectivity index is 0.000000816. The maximum Gasteiger partial charge on any atom is 0.290 e. The number of amides is 2. The van der Waals surface area contributed by atoms with E-state index in [-0.39, 0.29) is 24.8 Å². The number of rotatable bonds is 4. The molecule has 7 heteroatoms. The first-order chi connectivity index (χ1) is 10.9. The molecule has 0 unspecified atom stereocenters. The van der Waals surface area contributed by atoms with E-state index >= 15 is 0 Å². The summed E-state index contributed by atoms with van der Waals surface area (Å²) < 4.78 is 0. The summed E-state index contributed by atoms with van der Waals surface area (Å²) in [4.78, 5) is 36.1. The molecule has 1 atom stereocenters. The zero-order valence-electron chi connectivity index (χ0n) is 13.2. The molecule has 0 aromatic heterocycles. The smallest absolute Gasteiger partial charge is 0.290 e. The highest BCUT2D eigenvalue weighted by Crippen LogP contribution is 2.18. The molecule has 0 aliphatic carbocycles. The van der Waals surface area contributed by atoms with Gasteiger partial charge in [0.05, 0.1) is 6.54 Å². The van der Waals surface area contributed by atoms with Crippen LogP contribution < -0.4 is 0 Å². The van der Waals surface area contributed by atoms with Crippen LogP contribution in [0.5, 0.6) is 0 Å². The van der Waals surface area contributed by atoms with Crippen LogP contribution >= 0.6 is 11.6 Å². The van der Waals surface area contributed by atoms with Crippen molar-refractivity contribution in [1.29, 1.82) is 0 Å². The van der Waals surface area contributed by atoms with Gasteiger partial charge in [-0.3, -0.25) is 14.4 Å². The summed E-state index contributed by atoms with van der Waals surface area (Å²) >= 11 is 5.95. The topological polar surface area (TPSA) is 77.9 Å². The van der Waals surface area contributed by atoms with Gasteiger partial charge in [0.2, 0.25) is 11.8 Å². The SMILES string of the molecule is CCCN1CC(=O)N(Cc2cccc(Cl)c2)[C@@H](C)C1=O.O=CO. The van der Waals surface area contributed by atoms with Gasteiger partial charge in [-0.25, -0.2) is 0 Å². The van der Waals surface area contributed by atoms with Crippen LogP contribution in [-0.2, 0) is 20.9 Å². The normalized spacial score (nSPS) is 17.6. The van der Waals surface area contributed by atoms with Crippen molar-refractivity contribution in [2.45, 2.75) is 32.9 Å². The monoisotopic (exact) mass is 340 g/mol. The maximum atomic E-state index is 12.2. The largest absolute Gasteiger partial charge is 0.483 e. The lowest BCUT2D eigenvalue weighted by Gasteiger charge is -2.38. The van der Waals surface area contributed by atoms with E-state index in [1.165, 1.54) is 0 Å². The van der Waals surface area contributed by atoms with Gasteiger partial charge in [0.1, 0.15) is 6.04 Å². The van der Waals surface area contributed by atoms with Crippen LogP contribution in [0.3, 0.4) is 0 Å². The van der Waals surface area contributed by atoms with Gasteiger partial charge >= 0.3 is 0 Å². The van der Waals surface area contributed by atoms with Crippen LogP contribution in [0.2, 0.25) is 5.02 Å². The Kier molecular flexibility index (Phi) is 7.54. The van der Waals surface area contributed by atoms with Crippen molar-refractivity contribution in [2.75, 3.05) is 13.1 Å². The van der Waals surface area contributed by atoms with Gasteiger partial charge in [-0.1, -0.05) is 30.7 Å². The molecule has 23 heavy (non-hydrogen) atoms. The van der Waals surface area contributed by atoms with Crippen LogP contribution in [0.4, 0.5) is 0 Å². The first-order valence-corrected chi connectivity index (χ1v) is 7.72. The summed E-state index contributed by atoms with van der Waals surface area (Å²) in [6.45, 7) is 4.77. The average molecular weight is 341 g/mol. The minimum absolute atomic E-state index is 0.00877. The minimum Gasteiger partial charge on any atom is -0.483 e. The van der Waals surface area contributed by atoms with Gasteiger partial charge < -0.3 is 14.9 Å². The second-order valence-electron chi connectivity index (χ2n) is 5.19. The lowest BCUT2D eigenvalue weighted by atomic mass is 10.1. The molecular formula is C16H21ClN2O4. The van der Waals surface area contributed by atoms with Gasteiger partial charge in [0.25, 0.3) is 6.47 Å². The molecular weight excluding hydrogens is 320 g/mol. The second-order valence-corrected chi connectivity index (χ2v) is 5.63. The summed E-state index contributed by atoms with van der Waals surface area (Å²) in [6.07, 6.45) is 0.861. The molecule has 1 saturated heterocycles. The Morgan fingerprint density at radius 2 is 2.04 bits per heavy atom. The van der Waals surface area contributed by atoms with Crippen LogP contribution in [-0.4, -0.2) is 52.3 Å². The van der Waals surface area contributed by atoms with Crippen LogP contribution in [0.25, 0.3) is 0 Å². The standard InChI is InChI=1S/C15H19ClN2O2.CH2O2/c1-3-7-17-10-14(19)18(11(2)15(17)20)9-12-5-4-6-13(16)8-12;2-1-3/h4-6,8,11H,3,7,9-10H2,1-2H3;1H,(H,2,3)/t11-;/m0./s1. The lowest BCUT2D eigenvalue weighted by molar-refractivity contribution is -0.155. The van der Waals surface area contributed by atoms with Crippen molar-refractivity contribution in [3.05, 3.63) is 34.9 Å². The number of benzene rings is 1. The van der Waals surface area contributed by atoms with Gasteiger partial charge in [0.15, 0.2) is 0 Å². The summed E-state index contributed by atoms with van der Waals surface area (Å²) in [7, 11) is 0. The Morgan fingerprint density at radius 3 is 2.61 bits per heavy atom. The molecule has 6 nitrogen and oxygen atoms in total. The number of halogens is 1. The first-order valence-electron chi connectivity index (χ1n) is 7.35. The van der Waals surface area contributed by atoms with Gasteiger partial charge in [-0.05, 0) is 31.0 Å². The number of nitrogens with zero attached hydrogens (tertiary/aromatic N) is 2. The molecule has 1 heterocycles. The molecule has 2 amide bonds. The Bertz CT molecular complexity index is 565. The predicted octanol–water partition coefficient (Wildman–Crippen LogP) is 2.01. The number of hydrogen-bond acceptors (Lipinski definition) is 3. The van der Waals surface area contributed by atoms with Gasteiger partial charge in [-0.15, -0.1) is 0 Å². The number of piperazine rings is 1. The quantitative estimate of drug-likeness (QED) is 0.850. The zero-order chi connectivity index (χ0) is 17.4. The van der Waals surface area contributed by atoms with Crippen LogP contribution in [0, 0.1) is 0 Å². The van der Waals surface area contributed by atoms with E-state index in [0.717, 1.165) is 12.0 Å². The molecule has 1 aliphatic rings. The maximum absolute atomic E-state index is 12.2. The molecule has 126 valence electrons. The van der Waals surface area contributed by atoms with E-state index in [1.54, 1.807) is 22.8 Å². The van der Waals surface area contributed by atoms with Crippen molar-refractivity contribution in [2.24, 2.45) is 0 Å². The van der Waals surface area contributed by atoms with Crippen molar-refractivity contribution >= 4 is 29.9 Å². The van der Waals surface area contributed by atoms with Crippen LogP contribution in [0.15, 0.2) is 24.3 Å². The van der Waals surface area contributed by atoms with E-state index in [9.17, 15) is 9.59 Å². The molecule has 1 N–H and O–H groups in total. The third-order valence-electron chi connectivity index (χ3n) is 3.52. The lowest BCUT2D eigenvalue weighted by Crippen LogP contribution is -2.58. The minimum atomic E-state index is -0.415. The van der Waals surface area contributed by atoms with Crippen molar-refractivity contribution < 1.29 is 19.5 Å². The summed E-state index contributed by atoms with van der Waals surface area (Å²) in [5, 5.41) is 7.53. The fourth-order valence-corrected chi connectivity index (χ4v) is 2.67. The molecule has 0 bridgehead atoms. The molecule has 0 saturated carbocycles. The van der Waals surface area contributed by atoms with Crippen LogP contribution in [0.1, 0.15) is 25.8 Å². The fraction of sp³-hybridized carbons (Fsp3) is 0.438. The van der Waals surface area contributed by atoms with Gasteiger partial charge in [-0.2, -0.15) is 0 Å². The molecule has 0 spiro atoms. The first kappa shape index (κ1) is 19.0. The Morgan fingerprint density at radius 1 is 1.39 bits per heavy atom. The van der Waals surface area contributed by atoms with E-state index in [0.29, 0.717) is 18.1 Å². The molecule has 0 radical (unpaired) electrons. The van der Waals surface area contributed by atoms with Crippen molar-refractivity contribution in [3.63, 3.8) is 0 Å². The predicted molar refractivity (Wildman–Crippen MR) is 87.0 cm³/mol. The zero-order valence-corrected chi connectivity index (χ0v) is 14.0. The number of hydrogen-bond donors (Lipinski definition) is 1. The average Bonchev–Trinajstić information content (AvgIpc) is 2.50. The molecule has 1 aromatic carbocycles. The second kappa shape index (κ2) is 9.15. The molecule has 1 fully saturated rings. The fourth-order valence-electron chi connectivity index (χ4n) is 2.46. The molecule has 1 aromatic rings. The molecule has 2 rings (SSSR count). The highest BCUT2D eigenvalue weighted by molar-refractivity contribution is 6.30. The van der Waals surface area contributed by atoms with Gasteiger partial charge in [0, 0.05) is 18.1 Å². The summed E-state index contributed by atoms with van der Waals surface area (Å²) in [6, 6.07) is 6.96. The Hall–Kier alpha value is -2.08. The Labute approximate surface area is 140 Å². The van der Waals surface area contributed by atoms with Crippen molar-refractivity contribution in [3.8, 4) is 0 Å². The third-order valence-corrected chi connectivity index (χ3v) is 3.75.